The van der Waals surface area contributed by atoms with Gasteiger partial charge in [-0.25, -0.2) is 8.42 Å². The molecule has 2 heterocycles. The molecule has 0 aliphatic carbocycles. The average Bonchev–Trinajstić information content (AvgIpc) is 3.00. The first kappa shape index (κ1) is 15.7. The van der Waals surface area contributed by atoms with Crippen LogP contribution in [0.4, 0.5) is 0 Å². The molecular weight excluding hydrogens is 320 g/mol. The second-order valence-corrected chi connectivity index (χ2v) is 8.03. The number of hydrogen-bond donors (Lipinski definition) is 0. The molecular formula is C15H16N2O5S. The molecule has 7 nitrogen and oxygen atoms in total. The van der Waals surface area contributed by atoms with Crippen molar-refractivity contribution in [2.75, 3.05) is 25.1 Å². The Kier molecular flexibility index (Phi) is 3.71. The summed E-state index contributed by atoms with van der Waals surface area (Å²) < 4.78 is 23.0. The van der Waals surface area contributed by atoms with E-state index in [1.54, 1.807) is 24.3 Å². The van der Waals surface area contributed by atoms with Gasteiger partial charge in [0.25, 0.3) is 11.8 Å². The van der Waals surface area contributed by atoms with Crippen molar-refractivity contribution in [3.05, 3.63) is 35.4 Å². The predicted molar refractivity (Wildman–Crippen MR) is 81.6 cm³/mol. The molecule has 3 amide bonds. The van der Waals surface area contributed by atoms with E-state index in [0.717, 1.165) is 4.90 Å². The van der Waals surface area contributed by atoms with Crippen LogP contribution in [-0.2, 0) is 14.6 Å². The molecule has 2 aliphatic rings. The summed E-state index contributed by atoms with van der Waals surface area (Å²) in [7, 11) is -1.60. The Morgan fingerprint density at radius 2 is 1.78 bits per heavy atom. The summed E-state index contributed by atoms with van der Waals surface area (Å²) >= 11 is 0. The average molecular weight is 336 g/mol. The molecule has 1 unspecified atom stereocenters. The monoisotopic (exact) mass is 336 g/mol. The zero-order chi connectivity index (χ0) is 16.8. The Balaban J connectivity index is 1.72. The van der Waals surface area contributed by atoms with Crippen molar-refractivity contribution in [3.8, 4) is 0 Å². The number of hydrogen-bond acceptors (Lipinski definition) is 5. The number of amides is 3. The van der Waals surface area contributed by atoms with Crippen LogP contribution in [0, 0.1) is 0 Å². The number of benzene rings is 1. The van der Waals surface area contributed by atoms with E-state index in [-0.39, 0.29) is 29.2 Å². The van der Waals surface area contributed by atoms with E-state index in [1.807, 2.05) is 0 Å². The van der Waals surface area contributed by atoms with Gasteiger partial charge in [0.15, 0.2) is 9.84 Å². The van der Waals surface area contributed by atoms with E-state index >= 15 is 0 Å². The molecule has 23 heavy (non-hydrogen) atoms. The normalized spacial score (nSPS) is 22.3. The van der Waals surface area contributed by atoms with E-state index < -0.39 is 33.6 Å². The van der Waals surface area contributed by atoms with Crippen molar-refractivity contribution in [2.24, 2.45) is 0 Å². The number of imide groups is 1. The van der Waals surface area contributed by atoms with Gasteiger partial charge in [-0.1, -0.05) is 12.1 Å². The third-order valence-electron chi connectivity index (χ3n) is 4.32. The third kappa shape index (κ3) is 2.74. The molecule has 3 rings (SSSR count). The zero-order valence-electron chi connectivity index (χ0n) is 12.6. The molecule has 8 heteroatoms. The summed E-state index contributed by atoms with van der Waals surface area (Å²) in [4.78, 5) is 39.0. The molecule has 0 aromatic heterocycles. The fourth-order valence-electron chi connectivity index (χ4n) is 2.91. The van der Waals surface area contributed by atoms with E-state index in [1.165, 1.54) is 11.9 Å². The van der Waals surface area contributed by atoms with E-state index in [2.05, 4.69) is 0 Å². The number of sulfone groups is 1. The van der Waals surface area contributed by atoms with Gasteiger partial charge < -0.3 is 4.90 Å². The van der Waals surface area contributed by atoms with E-state index in [4.69, 9.17) is 0 Å². The molecule has 2 aliphatic heterocycles. The molecule has 1 aromatic rings. The van der Waals surface area contributed by atoms with Crippen molar-refractivity contribution in [1.82, 2.24) is 9.80 Å². The van der Waals surface area contributed by atoms with Crippen LogP contribution in [0.5, 0.6) is 0 Å². The molecule has 0 N–H and O–H groups in total. The Labute approximate surface area is 133 Å². The Morgan fingerprint density at radius 3 is 2.26 bits per heavy atom. The van der Waals surface area contributed by atoms with Crippen molar-refractivity contribution in [2.45, 2.75) is 12.5 Å². The molecule has 0 saturated carbocycles. The standard InChI is InChI=1S/C15H16N2O5S/c1-16(10-6-7-23(21,22)9-10)13(18)8-17-14(19)11-4-2-3-5-12(11)15(17)20/h2-5,10H,6-9H2,1H3. The lowest BCUT2D eigenvalue weighted by atomic mass is 10.1. The van der Waals surface area contributed by atoms with Gasteiger partial charge in [-0.15, -0.1) is 0 Å². The lowest BCUT2D eigenvalue weighted by Gasteiger charge is -2.25. The third-order valence-corrected chi connectivity index (χ3v) is 6.07. The lowest BCUT2D eigenvalue weighted by molar-refractivity contribution is -0.131. The largest absolute Gasteiger partial charge is 0.340 e. The van der Waals surface area contributed by atoms with Gasteiger partial charge in [0.1, 0.15) is 6.54 Å². The Bertz CT molecular complexity index is 767. The number of carbonyl (C=O) groups is 3. The minimum atomic E-state index is -3.11. The van der Waals surface area contributed by atoms with Gasteiger partial charge >= 0.3 is 0 Å². The second kappa shape index (κ2) is 5.45. The molecule has 0 spiro atoms. The van der Waals surface area contributed by atoms with Crippen LogP contribution in [0.1, 0.15) is 27.1 Å². The minimum absolute atomic E-state index is 0.0578. The van der Waals surface area contributed by atoms with Gasteiger partial charge in [0.05, 0.1) is 22.6 Å². The second-order valence-electron chi connectivity index (χ2n) is 5.80. The molecule has 1 atom stereocenters. The summed E-state index contributed by atoms with van der Waals surface area (Å²) in [6.45, 7) is -0.376. The fourth-order valence-corrected chi connectivity index (χ4v) is 4.69. The van der Waals surface area contributed by atoms with Gasteiger partial charge in [-0.2, -0.15) is 0 Å². The van der Waals surface area contributed by atoms with Gasteiger partial charge in [0.2, 0.25) is 5.91 Å². The summed E-state index contributed by atoms with van der Waals surface area (Å²) in [5.41, 5.74) is 0.577. The molecule has 0 radical (unpaired) electrons. The number of nitrogens with zero attached hydrogens (tertiary/aromatic N) is 2. The topological polar surface area (TPSA) is 91.8 Å². The van der Waals surface area contributed by atoms with Crippen molar-refractivity contribution in [1.29, 1.82) is 0 Å². The number of fused-ring (bicyclic) bond motifs is 1. The highest BCUT2D eigenvalue weighted by molar-refractivity contribution is 7.91. The van der Waals surface area contributed by atoms with Gasteiger partial charge in [0, 0.05) is 13.1 Å². The maximum absolute atomic E-state index is 12.3. The predicted octanol–water partition coefficient (Wildman–Crippen LogP) is -0.0719. The summed E-state index contributed by atoms with van der Waals surface area (Å²) in [6.07, 6.45) is 0.382. The summed E-state index contributed by atoms with van der Waals surface area (Å²) in [5.74, 6) is -1.45. The van der Waals surface area contributed by atoms with Crippen LogP contribution in [0.15, 0.2) is 24.3 Å². The van der Waals surface area contributed by atoms with Crippen LogP contribution < -0.4 is 0 Å². The summed E-state index contributed by atoms with van der Waals surface area (Å²) in [6, 6.07) is 6.01. The van der Waals surface area contributed by atoms with Gasteiger partial charge in [-0.3, -0.25) is 19.3 Å². The highest BCUT2D eigenvalue weighted by atomic mass is 32.2. The van der Waals surface area contributed by atoms with Crippen LogP contribution in [0.2, 0.25) is 0 Å². The highest BCUT2D eigenvalue weighted by Crippen LogP contribution is 2.23. The maximum Gasteiger partial charge on any atom is 0.262 e. The first-order valence-electron chi connectivity index (χ1n) is 7.21. The smallest absolute Gasteiger partial charge is 0.262 e. The number of rotatable bonds is 3. The molecule has 1 saturated heterocycles. The number of carbonyl (C=O) groups excluding carboxylic acids is 3. The first-order valence-corrected chi connectivity index (χ1v) is 9.03. The fraction of sp³-hybridized carbons (Fsp3) is 0.400. The summed E-state index contributed by atoms with van der Waals surface area (Å²) in [5, 5.41) is 0. The molecule has 1 aromatic carbocycles. The zero-order valence-corrected chi connectivity index (χ0v) is 13.4. The van der Waals surface area contributed by atoms with Crippen molar-refractivity contribution >= 4 is 27.6 Å². The maximum atomic E-state index is 12.3. The number of likely N-dealkylation sites (N-methyl/N-ethyl adjacent to an activating group) is 1. The van der Waals surface area contributed by atoms with Crippen molar-refractivity contribution in [3.63, 3.8) is 0 Å². The Morgan fingerprint density at radius 1 is 1.22 bits per heavy atom. The lowest BCUT2D eigenvalue weighted by Crippen LogP contribution is -2.45. The van der Waals surface area contributed by atoms with Crippen LogP contribution in [-0.4, -0.2) is 67.1 Å². The molecule has 1 fully saturated rings. The van der Waals surface area contributed by atoms with Crippen LogP contribution >= 0.6 is 0 Å². The Hall–Kier alpha value is -2.22. The minimum Gasteiger partial charge on any atom is -0.340 e. The quantitative estimate of drug-likeness (QED) is 0.721. The van der Waals surface area contributed by atoms with E-state index in [9.17, 15) is 22.8 Å². The first-order chi connectivity index (χ1) is 10.8. The molecule has 122 valence electrons. The van der Waals surface area contributed by atoms with Gasteiger partial charge in [-0.05, 0) is 18.6 Å². The van der Waals surface area contributed by atoms with Crippen molar-refractivity contribution < 1.29 is 22.8 Å². The SMILES string of the molecule is CN(C(=O)CN1C(=O)c2ccccc2C1=O)C1CCS(=O)(=O)C1. The highest BCUT2D eigenvalue weighted by Gasteiger charge is 2.38. The van der Waals surface area contributed by atoms with E-state index in [0.29, 0.717) is 6.42 Å². The van der Waals surface area contributed by atoms with Crippen LogP contribution in [0.3, 0.4) is 0 Å². The van der Waals surface area contributed by atoms with Crippen LogP contribution in [0.25, 0.3) is 0 Å². The molecule has 0 bridgehead atoms.